The fraction of sp³-hybridized carbons (Fsp3) is 0.500. The van der Waals surface area contributed by atoms with Gasteiger partial charge in [-0.25, -0.2) is 4.39 Å². The van der Waals surface area contributed by atoms with Crippen molar-refractivity contribution in [3.05, 3.63) is 30.1 Å². The molecule has 1 aromatic carbocycles. The van der Waals surface area contributed by atoms with E-state index in [0.29, 0.717) is 5.69 Å². The summed E-state index contributed by atoms with van der Waals surface area (Å²) < 4.78 is 13.1. The number of nitrogens with one attached hydrogen (secondary N) is 1. The van der Waals surface area contributed by atoms with Gasteiger partial charge in [0.2, 0.25) is 5.91 Å². The van der Waals surface area contributed by atoms with Gasteiger partial charge in [-0.1, -0.05) is 27.7 Å². The van der Waals surface area contributed by atoms with Crippen molar-refractivity contribution in [1.29, 1.82) is 0 Å². The van der Waals surface area contributed by atoms with Crippen molar-refractivity contribution in [3.8, 4) is 0 Å². The summed E-state index contributed by atoms with van der Waals surface area (Å²) in [6.45, 7) is 7.57. The lowest BCUT2D eigenvalue weighted by atomic mass is 9.92. The van der Waals surface area contributed by atoms with Crippen LogP contribution in [0.25, 0.3) is 0 Å². The number of carbonyl (C=O) groups is 2. The van der Waals surface area contributed by atoms with Crippen molar-refractivity contribution in [3.63, 3.8) is 0 Å². The van der Waals surface area contributed by atoms with E-state index < -0.39 is 12.1 Å². The Bertz CT molecular complexity index is 540. The minimum Gasteiger partial charge on any atom is -0.342 e. The van der Waals surface area contributed by atoms with Crippen LogP contribution in [0.3, 0.4) is 0 Å². The Morgan fingerprint density at radius 2 is 1.62 bits per heavy atom. The van der Waals surface area contributed by atoms with Crippen molar-refractivity contribution in [2.75, 3.05) is 4.90 Å². The molecule has 0 aliphatic carbocycles. The normalized spacial score (nSPS) is 22.9. The molecule has 5 heteroatoms. The molecule has 4 nitrogen and oxygen atoms in total. The first-order valence-electron chi connectivity index (χ1n) is 7.22. The lowest BCUT2D eigenvalue weighted by Gasteiger charge is -2.42. The summed E-state index contributed by atoms with van der Waals surface area (Å²) in [5.41, 5.74) is 0.556. The molecule has 114 valence electrons. The molecule has 1 N–H and O–H groups in total. The van der Waals surface area contributed by atoms with Gasteiger partial charge >= 0.3 is 0 Å². The fourth-order valence-electron chi connectivity index (χ4n) is 2.65. The molecule has 0 aromatic heterocycles. The topological polar surface area (TPSA) is 49.4 Å². The average Bonchev–Trinajstić information content (AvgIpc) is 2.41. The number of hydrogen-bond donors (Lipinski definition) is 1. The predicted molar refractivity (Wildman–Crippen MR) is 79.3 cm³/mol. The summed E-state index contributed by atoms with van der Waals surface area (Å²) >= 11 is 0. The second kappa shape index (κ2) is 5.84. The van der Waals surface area contributed by atoms with Crippen molar-refractivity contribution in [2.45, 2.75) is 39.8 Å². The van der Waals surface area contributed by atoms with Gasteiger partial charge in [-0.3, -0.25) is 14.5 Å². The van der Waals surface area contributed by atoms with Gasteiger partial charge in [-0.15, -0.1) is 0 Å². The molecule has 0 radical (unpaired) electrons. The van der Waals surface area contributed by atoms with E-state index in [0.717, 1.165) is 0 Å². The maximum Gasteiger partial charge on any atom is 0.250 e. The number of nitrogens with zero attached hydrogens (tertiary/aromatic N) is 1. The first-order valence-corrected chi connectivity index (χ1v) is 7.22. The molecule has 2 amide bonds. The monoisotopic (exact) mass is 292 g/mol. The van der Waals surface area contributed by atoms with E-state index in [4.69, 9.17) is 0 Å². The minimum absolute atomic E-state index is 0.00230. The van der Waals surface area contributed by atoms with Gasteiger partial charge in [-0.05, 0) is 36.1 Å². The first-order chi connectivity index (χ1) is 9.82. The Hall–Kier alpha value is -1.91. The number of benzene rings is 1. The van der Waals surface area contributed by atoms with Crippen molar-refractivity contribution < 1.29 is 14.0 Å². The van der Waals surface area contributed by atoms with Gasteiger partial charge in [0.25, 0.3) is 5.91 Å². The molecule has 0 saturated carbocycles. The van der Waals surface area contributed by atoms with Crippen LogP contribution in [-0.2, 0) is 9.59 Å². The summed E-state index contributed by atoms with van der Waals surface area (Å²) in [6.07, 6.45) is 0. The van der Waals surface area contributed by atoms with E-state index in [1.54, 1.807) is 12.1 Å². The molecule has 2 rings (SSSR count). The standard InChI is InChI=1S/C16H21FN2O2/c1-9(2)13-16(21)19(12-7-5-11(17)6-8-12)14(10(3)4)15(20)18-13/h5-10,13-14H,1-4H3,(H,18,20). The number of piperazine rings is 1. The molecule has 1 aromatic rings. The molecule has 1 heterocycles. The smallest absolute Gasteiger partial charge is 0.250 e. The number of rotatable bonds is 3. The molecule has 1 aliphatic heterocycles. The van der Waals surface area contributed by atoms with Crippen LogP contribution in [0.2, 0.25) is 0 Å². The molecular formula is C16H21FN2O2. The molecule has 1 saturated heterocycles. The Kier molecular flexibility index (Phi) is 4.30. The second-order valence-corrected chi connectivity index (χ2v) is 6.10. The third-order valence-electron chi connectivity index (χ3n) is 3.75. The van der Waals surface area contributed by atoms with E-state index in [1.807, 2.05) is 27.7 Å². The summed E-state index contributed by atoms with van der Waals surface area (Å²) in [4.78, 5) is 26.6. The van der Waals surface area contributed by atoms with E-state index >= 15 is 0 Å². The average molecular weight is 292 g/mol. The number of amides is 2. The van der Waals surface area contributed by atoms with E-state index in [9.17, 15) is 14.0 Å². The largest absolute Gasteiger partial charge is 0.342 e. The highest BCUT2D eigenvalue weighted by Gasteiger charge is 2.43. The van der Waals surface area contributed by atoms with Crippen LogP contribution in [0.1, 0.15) is 27.7 Å². The molecule has 2 atom stereocenters. The highest BCUT2D eigenvalue weighted by atomic mass is 19.1. The van der Waals surface area contributed by atoms with Gasteiger partial charge in [0, 0.05) is 5.69 Å². The molecule has 21 heavy (non-hydrogen) atoms. The van der Waals surface area contributed by atoms with Gasteiger partial charge in [0.1, 0.15) is 17.9 Å². The highest BCUT2D eigenvalue weighted by molar-refractivity contribution is 6.08. The predicted octanol–water partition coefficient (Wildman–Crippen LogP) is 2.34. The molecule has 1 fully saturated rings. The second-order valence-electron chi connectivity index (χ2n) is 6.10. The lowest BCUT2D eigenvalue weighted by Crippen LogP contribution is -2.66. The Morgan fingerprint density at radius 3 is 2.10 bits per heavy atom. The number of hydrogen-bond acceptors (Lipinski definition) is 2. The van der Waals surface area contributed by atoms with Gasteiger partial charge in [0.15, 0.2) is 0 Å². The molecule has 2 unspecified atom stereocenters. The van der Waals surface area contributed by atoms with Gasteiger partial charge in [0.05, 0.1) is 0 Å². The van der Waals surface area contributed by atoms with Crippen LogP contribution in [0.4, 0.5) is 10.1 Å². The maximum atomic E-state index is 13.1. The quantitative estimate of drug-likeness (QED) is 0.929. The molecular weight excluding hydrogens is 271 g/mol. The van der Waals surface area contributed by atoms with Crippen molar-refractivity contribution >= 4 is 17.5 Å². The highest BCUT2D eigenvalue weighted by Crippen LogP contribution is 2.27. The van der Waals surface area contributed by atoms with Crippen molar-refractivity contribution in [1.82, 2.24) is 5.32 Å². The zero-order valence-electron chi connectivity index (χ0n) is 12.8. The molecule has 0 bridgehead atoms. The third-order valence-corrected chi connectivity index (χ3v) is 3.75. The number of carbonyl (C=O) groups excluding carboxylic acids is 2. The van der Waals surface area contributed by atoms with Crippen LogP contribution in [-0.4, -0.2) is 23.9 Å². The van der Waals surface area contributed by atoms with E-state index in [2.05, 4.69) is 5.32 Å². The van der Waals surface area contributed by atoms with E-state index in [-0.39, 0.29) is 29.5 Å². The Labute approximate surface area is 124 Å². The molecule has 0 spiro atoms. The van der Waals surface area contributed by atoms with Gasteiger partial charge in [-0.2, -0.15) is 0 Å². The summed E-state index contributed by atoms with van der Waals surface area (Å²) in [7, 11) is 0. The maximum absolute atomic E-state index is 13.1. The minimum atomic E-state index is -0.571. The summed E-state index contributed by atoms with van der Waals surface area (Å²) in [5.74, 6) is -0.707. The SMILES string of the molecule is CC(C)C1NC(=O)C(C(C)C)N(c2ccc(F)cc2)C1=O. The Balaban J connectivity index is 2.45. The number of halogens is 1. The first kappa shape index (κ1) is 15.5. The zero-order valence-corrected chi connectivity index (χ0v) is 12.8. The van der Waals surface area contributed by atoms with Gasteiger partial charge < -0.3 is 5.32 Å². The molecule has 1 aliphatic rings. The third kappa shape index (κ3) is 2.91. The summed E-state index contributed by atoms with van der Waals surface area (Å²) in [5, 5.41) is 2.80. The fourth-order valence-corrected chi connectivity index (χ4v) is 2.65. The van der Waals surface area contributed by atoms with Crippen LogP contribution in [0, 0.1) is 17.7 Å². The van der Waals surface area contributed by atoms with Crippen LogP contribution >= 0.6 is 0 Å². The van der Waals surface area contributed by atoms with E-state index in [1.165, 1.54) is 17.0 Å². The lowest BCUT2D eigenvalue weighted by molar-refractivity contribution is -0.135. The number of anilines is 1. The summed E-state index contributed by atoms with van der Waals surface area (Å²) in [6, 6.07) is 4.57. The van der Waals surface area contributed by atoms with Crippen LogP contribution < -0.4 is 10.2 Å². The zero-order chi connectivity index (χ0) is 15.7. The Morgan fingerprint density at radius 1 is 1.05 bits per heavy atom. The van der Waals surface area contributed by atoms with Crippen molar-refractivity contribution in [2.24, 2.45) is 11.8 Å². The van der Waals surface area contributed by atoms with Crippen LogP contribution in [0.5, 0.6) is 0 Å². The van der Waals surface area contributed by atoms with Crippen LogP contribution in [0.15, 0.2) is 24.3 Å².